The molecule has 132 valence electrons. The predicted octanol–water partition coefficient (Wildman–Crippen LogP) is 3.00. The number of hydrogen-bond acceptors (Lipinski definition) is 3. The Kier molecular flexibility index (Phi) is 5.49. The molecule has 3 rings (SSSR count). The summed E-state index contributed by atoms with van der Waals surface area (Å²) in [6, 6.07) is 16.0. The van der Waals surface area contributed by atoms with Gasteiger partial charge in [0.1, 0.15) is 0 Å². The first kappa shape index (κ1) is 17.6. The molecule has 1 atom stereocenters. The molecule has 4 heteroatoms. The summed E-state index contributed by atoms with van der Waals surface area (Å²) in [7, 11) is 0. The lowest BCUT2D eigenvalue weighted by molar-refractivity contribution is -0.125. The van der Waals surface area contributed by atoms with E-state index < -0.39 is 5.41 Å². The molecule has 0 aliphatic carbocycles. The van der Waals surface area contributed by atoms with Gasteiger partial charge in [0.2, 0.25) is 5.91 Å². The van der Waals surface area contributed by atoms with Gasteiger partial charge in [-0.2, -0.15) is 0 Å². The second kappa shape index (κ2) is 7.79. The SMILES string of the molecule is CC(C)(C(=O)NC[C@H]1CCN(Cc2ccccn2)C1)c1ccccc1. The number of likely N-dealkylation sites (tertiary alicyclic amines) is 1. The molecule has 2 heterocycles. The van der Waals surface area contributed by atoms with E-state index in [0.717, 1.165) is 43.9 Å². The van der Waals surface area contributed by atoms with Crippen molar-refractivity contribution in [2.45, 2.75) is 32.2 Å². The number of nitrogens with zero attached hydrogens (tertiary/aromatic N) is 2. The van der Waals surface area contributed by atoms with Crippen LogP contribution < -0.4 is 5.32 Å². The van der Waals surface area contributed by atoms with E-state index in [0.29, 0.717) is 5.92 Å². The lowest BCUT2D eigenvalue weighted by atomic mass is 9.83. The quantitative estimate of drug-likeness (QED) is 0.881. The van der Waals surface area contributed by atoms with E-state index in [9.17, 15) is 4.79 Å². The first-order valence-electron chi connectivity index (χ1n) is 9.02. The molecule has 1 amide bonds. The number of pyridine rings is 1. The van der Waals surface area contributed by atoms with Gasteiger partial charge in [0, 0.05) is 25.8 Å². The molecule has 0 saturated carbocycles. The Hall–Kier alpha value is -2.20. The number of amides is 1. The van der Waals surface area contributed by atoms with Gasteiger partial charge in [-0.25, -0.2) is 0 Å². The monoisotopic (exact) mass is 337 g/mol. The molecule has 25 heavy (non-hydrogen) atoms. The van der Waals surface area contributed by atoms with E-state index in [1.807, 2.05) is 62.5 Å². The van der Waals surface area contributed by atoms with Crippen LogP contribution in [0.3, 0.4) is 0 Å². The summed E-state index contributed by atoms with van der Waals surface area (Å²) in [4.78, 5) is 19.5. The average Bonchev–Trinajstić information content (AvgIpc) is 3.08. The number of benzene rings is 1. The topological polar surface area (TPSA) is 45.2 Å². The van der Waals surface area contributed by atoms with Crippen LogP contribution in [-0.4, -0.2) is 35.4 Å². The lowest BCUT2D eigenvalue weighted by Gasteiger charge is -2.25. The molecule has 1 aromatic carbocycles. The van der Waals surface area contributed by atoms with Crippen molar-refractivity contribution in [1.29, 1.82) is 0 Å². The number of nitrogens with one attached hydrogen (secondary N) is 1. The molecular formula is C21H27N3O. The molecule has 1 saturated heterocycles. The highest BCUT2D eigenvalue weighted by Gasteiger charge is 2.30. The summed E-state index contributed by atoms with van der Waals surface area (Å²) in [6.45, 7) is 7.69. The van der Waals surface area contributed by atoms with E-state index in [4.69, 9.17) is 0 Å². The van der Waals surface area contributed by atoms with Crippen molar-refractivity contribution in [2.75, 3.05) is 19.6 Å². The standard InChI is InChI=1S/C21H27N3O/c1-21(2,18-8-4-3-5-9-18)20(25)23-14-17-11-13-24(15-17)16-19-10-6-7-12-22-19/h3-10,12,17H,11,13-16H2,1-2H3,(H,23,25)/t17-/m1/s1. The third kappa shape index (κ3) is 4.45. The maximum Gasteiger partial charge on any atom is 0.230 e. The predicted molar refractivity (Wildman–Crippen MR) is 100 cm³/mol. The molecule has 0 bridgehead atoms. The second-order valence-electron chi connectivity index (χ2n) is 7.41. The van der Waals surface area contributed by atoms with Crippen molar-refractivity contribution in [3.8, 4) is 0 Å². The summed E-state index contributed by atoms with van der Waals surface area (Å²) in [5, 5.41) is 3.17. The third-order valence-electron chi connectivity index (χ3n) is 5.10. The molecule has 2 aromatic rings. The summed E-state index contributed by atoms with van der Waals surface area (Å²) in [5.74, 6) is 0.612. The van der Waals surface area contributed by atoms with E-state index >= 15 is 0 Å². The Morgan fingerprint density at radius 2 is 1.96 bits per heavy atom. The Bertz CT molecular complexity index is 685. The maximum atomic E-state index is 12.7. The minimum Gasteiger partial charge on any atom is -0.355 e. The summed E-state index contributed by atoms with van der Waals surface area (Å²) in [6.07, 6.45) is 2.97. The van der Waals surface area contributed by atoms with E-state index in [2.05, 4.69) is 21.3 Å². The zero-order valence-electron chi connectivity index (χ0n) is 15.1. The molecule has 0 spiro atoms. The fourth-order valence-electron chi connectivity index (χ4n) is 3.39. The highest BCUT2D eigenvalue weighted by Crippen LogP contribution is 2.23. The number of rotatable bonds is 6. The highest BCUT2D eigenvalue weighted by atomic mass is 16.2. The van der Waals surface area contributed by atoms with E-state index in [-0.39, 0.29) is 5.91 Å². The van der Waals surface area contributed by atoms with Crippen LogP contribution in [0.2, 0.25) is 0 Å². The van der Waals surface area contributed by atoms with Gasteiger partial charge in [0.15, 0.2) is 0 Å². The largest absolute Gasteiger partial charge is 0.355 e. The Labute approximate surface area is 150 Å². The fraction of sp³-hybridized carbons (Fsp3) is 0.429. The van der Waals surface area contributed by atoms with Crippen LogP contribution in [0.4, 0.5) is 0 Å². The smallest absolute Gasteiger partial charge is 0.230 e. The van der Waals surface area contributed by atoms with Crippen molar-refractivity contribution in [2.24, 2.45) is 5.92 Å². The second-order valence-corrected chi connectivity index (χ2v) is 7.41. The van der Waals surface area contributed by atoms with Crippen molar-refractivity contribution >= 4 is 5.91 Å². The summed E-state index contributed by atoms with van der Waals surface area (Å²) in [5.41, 5.74) is 1.65. The van der Waals surface area contributed by atoms with Gasteiger partial charge in [-0.05, 0) is 50.4 Å². The van der Waals surface area contributed by atoms with Crippen molar-refractivity contribution in [3.63, 3.8) is 0 Å². The van der Waals surface area contributed by atoms with Gasteiger partial charge in [-0.1, -0.05) is 36.4 Å². The lowest BCUT2D eigenvalue weighted by Crippen LogP contribution is -2.42. The van der Waals surface area contributed by atoms with E-state index in [1.165, 1.54) is 0 Å². The van der Waals surface area contributed by atoms with Gasteiger partial charge in [0.05, 0.1) is 11.1 Å². The highest BCUT2D eigenvalue weighted by molar-refractivity contribution is 5.87. The van der Waals surface area contributed by atoms with Gasteiger partial charge in [-0.3, -0.25) is 14.7 Å². The zero-order valence-corrected chi connectivity index (χ0v) is 15.1. The zero-order chi connectivity index (χ0) is 17.7. The van der Waals surface area contributed by atoms with Crippen LogP contribution in [0.15, 0.2) is 54.7 Å². The van der Waals surface area contributed by atoms with Crippen molar-refractivity contribution in [3.05, 3.63) is 66.0 Å². The van der Waals surface area contributed by atoms with Gasteiger partial charge >= 0.3 is 0 Å². The van der Waals surface area contributed by atoms with E-state index in [1.54, 1.807) is 0 Å². The van der Waals surface area contributed by atoms with Crippen LogP contribution >= 0.6 is 0 Å². The first-order chi connectivity index (χ1) is 12.1. The first-order valence-corrected chi connectivity index (χ1v) is 9.02. The van der Waals surface area contributed by atoms with Crippen LogP contribution in [0.1, 0.15) is 31.5 Å². The van der Waals surface area contributed by atoms with Crippen LogP contribution in [0, 0.1) is 5.92 Å². The molecule has 0 unspecified atom stereocenters. The molecule has 1 aliphatic rings. The van der Waals surface area contributed by atoms with Crippen molar-refractivity contribution < 1.29 is 4.79 Å². The Balaban J connectivity index is 1.48. The fourth-order valence-corrected chi connectivity index (χ4v) is 3.39. The molecule has 1 fully saturated rings. The molecule has 1 N–H and O–H groups in total. The van der Waals surface area contributed by atoms with Crippen molar-refractivity contribution in [1.82, 2.24) is 15.2 Å². The van der Waals surface area contributed by atoms with Gasteiger partial charge in [-0.15, -0.1) is 0 Å². The number of carbonyl (C=O) groups is 1. The molecule has 1 aromatic heterocycles. The van der Waals surface area contributed by atoms with Crippen LogP contribution in [0.25, 0.3) is 0 Å². The molecule has 1 aliphatic heterocycles. The average molecular weight is 337 g/mol. The van der Waals surface area contributed by atoms with Gasteiger partial charge in [0.25, 0.3) is 0 Å². The number of hydrogen-bond donors (Lipinski definition) is 1. The number of carbonyl (C=O) groups excluding carboxylic acids is 1. The van der Waals surface area contributed by atoms with Crippen LogP contribution in [0.5, 0.6) is 0 Å². The molecule has 0 radical (unpaired) electrons. The van der Waals surface area contributed by atoms with Gasteiger partial charge < -0.3 is 5.32 Å². The number of aromatic nitrogens is 1. The summed E-state index contributed by atoms with van der Waals surface area (Å²) >= 11 is 0. The summed E-state index contributed by atoms with van der Waals surface area (Å²) < 4.78 is 0. The maximum absolute atomic E-state index is 12.7. The van der Waals surface area contributed by atoms with Crippen LogP contribution in [-0.2, 0) is 16.8 Å². The Morgan fingerprint density at radius 3 is 2.68 bits per heavy atom. The normalized spacial score (nSPS) is 18.2. The third-order valence-corrected chi connectivity index (χ3v) is 5.10. The molecule has 4 nitrogen and oxygen atoms in total. The molecular weight excluding hydrogens is 310 g/mol. The minimum atomic E-state index is -0.506. The minimum absolute atomic E-state index is 0.0990. The Morgan fingerprint density at radius 1 is 1.20 bits per heavy atom.